The summed E-state index contributed by atoms with van der Waals surface area (Å²) in [4.78, 5) is 0. The number of hydrogen-bond donors (Lipinski definition) is 0. The van der Waals surface area contributed by atoms with Crippen molar-refractivity contribution in [2.24, 2.45) is 0 Å². The first-order chi connectivity index (χ1) is 7.18. The van der Waals surface area contributed by atoms with E-state index >= 15 is 0 Å². The molecule has 0 heteroatoms. The molecule has 0 nitrogen and oxygen atoms in total. The van der Waals surface area contributed by atoms with Crippen molar-refractivity contribution in [3.05, 3.63) is 11.6 Å². The lowest BCUT2D eigenvalue weighted by atomic mass is 10.3. The van der Waals surface area contributed by atoms with Gasteiger partial charge in [-0.15, -0.1) is 0 Å². The van der Waals surface area contributed by atoms with Crippen LogP contribution in [-0.2, 0) is 0 Å². The highest BCUT2D eigenvalue weighted by atomic mass is 13.7. The highest BCUT2D eigenvalue weighted by molar-refractivity contribution is 4.91. The molecule has 0 saturated heterocycles. The van der Waals surface area contributed by atoms with E-state index in [0.717, 1.165) is 0 Å². The zero-order chi connectivity index (χ0) is 13.7. The minimum absolute atomic E-state index is 0. The highest BCUT2D eigenvalue weighted by Gasteiger charge is 1.67. The van der Waals surface area contributed by atoms with Crippen molar-refractivity contribution in [1.82, 2.24) is 0 Å². The lowest BCUT2D eigenvalue weighted by Gasteiger charge is -1.80. The Balaban J connectivity index is -0.0000000159. The molecule has 0 unspecified atom stereocenters. The first-order valence-electron chi connectivity index (χ1n) is 6.82. The van der Waals surface area contributed by atoms with E-state index in [1.54, 1.807) is 0 Å². The van der Waals surface area contributed by atoms with E-state index in [9.17, 15) is 0 Å². The lowest BCUT2D eigenvalue weighted by Crippen LogP contribution is -1.58. The number of allylic oxidation sites excluding steroid dienone is 2. The SMILES string of the molecule is C.C.CC.CC.CC.CCC.CCC=C(C)C. The highest BCUT2D eigenvalue weighted by Crippen LogP contribution is 1.89. The van der Waals surface area contributed by atoms with Crippen LogP contribution < -0.4 is 0 Å². The maximum atomic E-state index is 2.21. The van der Waals surface area contributed by atoms with E-state index in [4.69, 9.17) is 0 Å². The molecule has 0 heterocycles. The van der Waals surface area contributed by atoms with E-state index in [2.05, 4.69) is 40.7 Å². The van der Waals surface area contributed by atoms with Gasteiger partial charge < -0.3 is 0 Å². The van der Waals surface area contributed by atoms with Gasteiger partial charge in [0.2, 0.25) is 0 Å². The van der Waals surface area contributed by atoms with Crippen molar-refractivity contribution in [1.29, 1.82) is 0 Å². The molecule has 0 spiro atoms. The van der Waals surface area contributed by atoms with Gasteiger partial charge in [-0.25, -0.2) is 0 Å². The summed E-state index contributed by atoms with van der Waals surface area (Å²) in [5, 5.41) is 0. The molecule has 0 N–H and O–H groups in total. The van der Waals surface area contributed by atoms with Gasteiger partial charge in [-0.1, -0.05) is 95.2 Å². The van der Waals surface area contributed by atoms with Crippen molar-refractivity contribution in [2.75, 3.05) is 0 Å². The molecule has 0 aromatic carbocycles. The van der Waals surface area contributed by atoms with Crippen molar-refractivity contribution in [3.63, 3.8) is 0 Å². The molecule has 0 bridgehead atoms. The lowest BCUT2D eigenvalue weighted by molar-refractivity contribution is 1.09. The third kappa shape index (κ3) is 396. The number of hydrogen-bond acceptors (Lipinski definition) is 0. The Morgan fingerprint density at radius 1 is 0.706 bits per heavy atom. The topological polar surface area (TPSA) is 0 Å². The van der Waals surface area contributed by atoms with Crippen LogP contribution in [0.5, 0.6) is 0 Å². The zero-order valence-electron chi connectivity index (χ0n) is 13.5. The maximum Gasteiger partial charge on any atom is -0.0377 e. The summed E-state index contributed by atoms with van der Waals surface area (Å²) in [5.41, 5.74) is 1.41. The average molecular weight is 251 g/mol. The Labute approximate surface area is 116 Å². The fraction of sp³-hybridized carbons (Fsp3) is 0.882. The van der Waals surface area contributed by atoms with Crippen LogP contribution >= 0.6 is 0 Å². The van der Waals surface area contributed by atoms with Gasteiger partial charge in [0.25, 0.3) is 0 Å². The molecule has 0 rings (SSSR count). The second-order valence-corrected chi connectivity index (χ2v) is 2.40. The van der Waals surface area contributed by atoms with Crippen molar-refractivity contribution in [2.45, 2.75) is 104 Å². The molecule has 0 aliphatic rings. The second-order valence-electron chi connectivity index (χ2n) is 2.40. The van der Waals surface area contributed by atoms with Crippen LogP contribution in [-0.4, -0.2) is 0 Å². The van der Waals surface area contributed by atoms with Crippen LogP contribution in [0.2, 0.25) is 0 Å². The third-order valence-corrected chi connectivity index (χ3v) is 0.612. The van der Waals surface area contributed by atoms with Crippen LogP contribution in [0.3, 0.4) is 0 Å². The second kappa shape index (κ2) is 104. The zero-order valence-corrected chi connectivity index (χ0v) is 13.5. The summed E-state index contributed by atoms with van der Waals surface area (Å²) in [5.74, 6) is 0. The predicted molar refractivity (Wildman–Crippen MR) is 93.2 cm³/mol. The Morgan fingerprint density at radius 2 is 0.882 bits per heavy atom. The van der Waals surface area contributed by atoms with Crippen LogP contribution in [0, 0.1) is 0 Å². The standard InChI is InChI=1S/C6H12.C3H8.3C2H6.2CH4/c1-4-5-6(2)3;1-3-2;3*1-2;;/h5H,4H2,1-3H3;3H2,1-2H3;3*1-2H3;2*1H4. The molecule has 0 radical (unpaired) electrons. The molecular weight excluding hydrogens is 204 g/mol. The Morgan fingerprint density at radius 3 is 0.882 bits per heavy atom. The van der Waals surface area contributed by atoms with E-state index < -0.39 is 0 Å². The molecule has 0 fully saturated rings. The molecule has 114 valence electrons. The first kappa shape index (κ1) is 43.7. The molecule has 0 aliphatic carbocycles. The largest absolute Gasteiger partial charge is 0.0862 e. The van der Waals surface area contributed by atoms with Gasteiger partial charge in [-0.3, -0.25) is 0 Å². The van der Waals surface area contributed by atoms with Gasteiger partial charge in [-0.05, 0) is 20.3 Å². The fourth-order valence-corrected chi connectivity index (χ4v) is 0.408. The summed E-state index contributed by atoms with van der Waals surface area (Å²) in [7, 11) is 0. The van der Waals surface area contributed by atoms with Crippen LogP contribution in [0.15, 0.2) is 11.6 Å². The molecule has 0 saturated carbocycles. The number of rotatable bonds is 1. The van der Waals surface area contributed by atoms with E-state index in [0.29, 0.717) is 0 Å². The van der Waals surface area contributed by atoms with Crippen molar-refractivity contribution < 1.29 is 0 Å². The molecular formula is C17H46. The summed E-state index contributed by atoms with van der Waals surface area (Å²) in [6, 6.07) is 0. The Bertz CT molecular complexity index is 56.4. The van der Waals surface area contributed by atoms with Crippen LogP contribution in [0.1, 0.15) is 104 Å². The van der Waals surface area contributed by atoms with E-state index in [-0.39, 0.29) is 14.9 Å². The Hall–Kier alpha value is -0.260. The first-order valence-corrected chi connectivity index (χ1v) is 6.82. The van der Waals surface area contributed by atoms with E-state index in [1.807, 2.05) is 41.5 Å². The summed E-state index contributed by atoms with van der Waals surface area (Å²) < 4.78 is 0. The van der Waals surface area contributed by atoms with Gasteiger partial charge in [0.15, 0.2) is 0 Å². The molecule has 0 amide bonds. The smallest absolute Gasteiger partial charge is 0.0377 e. The minimum Gasteiger partial charge on any atom is -0.0862 e. The maximum absolute atomic E-state index is 2.21. The van der Waals surface area contributed by atoms with Gasteiger partial charge in [0, 0.05) is 0 Å². The van der Waals surface area contributed by atoms with Crippen LogP contribution in [0.25, 0.3) is 0 Å². The Kier molecular flexibility index (Phi) is 267. The summed E-state index contributed by atoms with van der Waals surface area (Å²) in [6.45, 7) is 22.6. The fourth-order valence-electron chi connectivity index (χ4n) is 0.408. The van der Waals surface area contributed by atoms with Crippen LogP contribution in [0.4, 0.5) is 0 Å². The van der Waals surface area contributed by atoms with Gasteiger partial charge in [0.1, 0.15) is 0 Å². The minimum atomic E-state index is 0. The van der Waals surface area contributed by atoms with Crippen molar-refractivity contribution in [3.8, 4) is 0 Å². The summed E-state index contributed by atoms with van der Waals surface area (Å²) >= 11 is 0. The molecule has 0 atom stereocenters. The van der Waals surface area contributed by atoms with E-state index in [1.165, 1.54) is 18.4 Å². The molecule has 0 aliphatic heterocycles. The average Bonchev–Trinajstić information content (AvgIpc) is 2.27. The molecule has 17 heavy (non-hydrogen) atoms. The van der Waals surface area contributed by atoms with Gasteiger partial charge in [0.05, 0.1) is 0 Å². The van der Waals surface area contributed by atoms with Crippen molar-refractivity contribution >= 4 is 0 Å². The quantitative estimate of drug-likeness (QED) is 0.412. The van der Waals surface area contributed by atoms with Gasteiger partial charge >= 0.3 is 0 Å². The molecule has 0 aromatic heterocycles. The third-order valence-electron chi connectivity index (χ3n) is 0.612. The summed E-state index contributed by atoms with van der Waals surface area (Å²) in [6.07, 6.45) is 4.63. The normalized spacial score (nSPS) is 4.88. The predicted octanol–water partition coefficient (Wildman–Crippen LogP) is 8.13. The van der Waals surface area contributed by atoms with Gasteiger partial charge in [-0.2, -0.15) is 0 Å². The monoisotopic (exact) mass is 250 g/mol. The molecule has 0 aromatic rings.